The Morgan fingerprint density at radius 3 is 2.31 bits per heavy atom. The van der Waals surface area contributed by atoms with E-state index in [1.807, 2.05) is 0 Å². The van der Waals surface area contributed by atoms with E-state index in [1.54, 1.807) is 14.2 Å². The van der Waals surface area contributed by atoms with E-state index in [1.165, 1.54) is 7.11 Å². The first kappa shape index (κ1) is 22.2. The van der Waals surface area contributed by atoms with E-state index in [2.05, 4.69) is 11.8 Å². The Kier molecular flexibility index (Phi) is 4.62. The molecule has 5 saturated carbocycles. The van der Waals surface area contributed by atoms with E-state index in [0.717, 1.165) is 25.9 Å². The van der Waals surface area contributed by atoms with E-state index in [4.69, 9.17) is 14.2 Å². The van der Waals surface area contributed by atoms with Crippen molar-refractivity contribution in [3.63, 3.8) is 0 Å². The Hall–Kier alpha value is -0.320. The van der Waals surface area contributed by atoms with Gasteiger partial charge in [-0.2, -0.15) is 0 Å². The Bertz CT molecular complexity index is 798. The fraction of sp³-hybridized carbons (Fsp3) is 1.00. The first-order chi connectivity index (χ1) is 15.2. The second kappa shape index (κ2) is 6.66. The van der Waals surface area contributed by atoms with Crippen LogP contribution >= 0.6 is 0 Å². The van der Waals surface area contributed by atoms with Crippen molar-refractivity contribution in [3.8, 4) is 0 Å². The molecule has 1 heterocycles. The number of nitrogens with zero attached hydrogens (tertiary/aromatic N) is 1. The van der Waals surface area contributed by atoms with Gasteiger partial charge in [0.25, 0.3) is 0 Å². The summed E-state index contributed by atoms with van der Waals surface area (Å²) in [5.74, 6) is -1.22. The molecule has 0 aromatic heterocycles. The van der Waals surface area contributed by atoms with Crippen LogP contribution in [-0.4, -0.2) is 108 Å². The number of rotatable bonds is 5. The van der Waals surface area contributed by atoms with Gasteiger partial charge in [-0.3, -0.25) is 4.90 Å². The van der Waals surface area contributed by atoms with Crippen molar-refractivity contribution >= 4 is 0 Å². The third kappa shape index (κ3) is 2.07. The zero-order valence-electron chi connectivity index (χ0n) is 19.6. The lowest BCUT2D eigenvalue weighted by atomic mass is 9.43. The largest absolute Gasteiger partial charge is 0.392 e. The topological polar surface area (TPSA) is 112 Å². The molecule has 0 radical (unpaired) electrons. The number of piperidine rings is 1. The lowest BCUT2D eigenvalue weighted by Gasteiger charge is -2.69. The summed E-state index contributed by atoms with van der Waals surface area (Å²) in [4.78, 5) is 2.44. The maximum absolute atomic E-state index is 12.4. The number of hydrogen-bond donors (Lipinski definition) is 4. The number of hydrogen-bond acceptors (Lipinski definition) is 8. The van der Waals surface area contributed by atoms with Crippen LogP contribution in [0, 0.1) is 34.5 Å². The normalized spacial score (nSPS) is 62.4. The fourth-order valence-corrected chi connectivity index (χ4v) is 10.7. The van der Waals surface area contributed by atoms with Gasteiger partial charge in [0, 0.05) is 68.9 Å². The van der Waals surface area contributed by atoms with Gasteiger partial charge in [0.1, 0.15) is 5.60 Å². The minimum absolute atomic E-state index is 0.0702. The van der Waals surface area contributed by atoms with Crippen LogP contribution in [0.25, 0.3) is 0 Å². The molecule has 13 atom stereocenters. The zero-order chi connectivity index (χ0) is 22.8. The molecule has 8 nitrogen and oxygen atoms in total. The molecular weight excluding hydrogens is 414 g/mol. The molecule has 13 unspecified atom stereocenters. The van der Waals surface area contributed by atoms with Crippen molar-refractivity contribution in [2.24, 2.45) is 34.5 Å². The van der Waals surface area contributed by atoms with Gasteiger partial charge in [-0.25, -0.2) is 0 Å². The van der Waals surface area contributed by atoms with Gasteiger partial charge in [-0.1, -0.05) is 6.92 Å². The summed E-state index contributed by atoms with van der Waals surface area (Å²) in [6.07, 6.45) is -0.268. The second-order valence-electron chi connectivity index (χ2n) is 11.8. The van der Waals surface area contributed by atoms with Crippen molar-refractivity contribution in [2.45, 2.75) is 74.3 Å². The maximum atomic E-state index is 12.4. The molecule has 1 spiro atoms. The van der Waals surface area contributed by atoms with Gasteiger partial charge in [-0.05, 0) is 31.7 Å². The standard InChI is InChI=1S/C24H39NO7/c1-5-25-10-21(11-30-2)7-6-13(31-3)24-12-8-22(28)14(32-4)9-23(29,15(12)20(22)27)16(19(24)25)17(26)18(21)24/h12-20,26-29H,5-11H2,1-4H3. The molecular formula is C24H39NO7. The van der Waals surface area contributed by atoms with Crippen LogP contribution in [-0.2, 0) is 14.2 Å². The van der Waals surface area contributed by atoms with Gasteiger partial charge in [0.15, 0.2) is 0 Å². The summed E-state index contributed by atoms with van der Waals surface area (Å²) in [5, 5.41) is 47.6. The van der Waals surface area contributed by atoms with Crippen LogP contribution < -0.4 is 0 Å². The smallest absolute Gasteiger partial charge is 0.117 e. The third-order valence-electron chi connectivity index (χ3n) is 11.2. The van der Waals surface area contributed by atoms with Gasteiger partial charge in [0.05, 0.1) is 36.6 Å². The van der Waals surface area contributed by atoms with Crippen LogP contribution in [0.4, 0.5) is 0 Å². The Balaban J connectivity index is 1.63. The van der Waals surface area contributed by atoms with E-state index in [0.29, 0.717) is 13.0 Å². The van der Waals surface area contributed by atoms with Crippen molar-refractivity contribution in [3.05, 3.63) is 0 Å². The molecule has 1 saturated heterocycles. The van der Waals surface area contributed by atoms with Crippen LogP contribution in [0.5, 0.6) is 0 Å². The summed E-state index contributed by atoms with van der Waals surface area (Å²) in [7, 11) is 5.01. The number of aliphatic hydroxyl groups excluding tert-OH is 2. The SMILES string of the molecule is CCN1CC2(COC)CCC(OC)C34C5CC6(O)C(OC)CC(O)(C5C6O)C(C(O)C23)C14. The van der Waals surface area contributed by atoms with Crippen molar-refractivity contribution in [1.82, 2.24) is 4.90 Å². The molecule has 1 aliphatic heterocycles. The molecule has 0 aromatic rings. The molecule has 8 heteroatoms. The van der Waals surface area contributed by atoms with E-state index >= 15 is 0 Å². The lowest BCUT2D eigenvalue weighted by Crippen LogP contribution is -2.76. The number of likely N-dealkylation sites (tertiary alicyclic amines) is 1. The monoisotopic (exact) mass is 453 g/mol. The lowest BCUT2D eigenvalue weighted by molar-refractivity contribution is -0.283. The Morgan fingerprint density at radius 2 is 1.69 bits per heavy atom. The van der Waals surface area contributed by atoms with Gasteiger partial charge in [-0.15, -0.1) is 0 Å². The number of fused-ring (bicyclic) bond motifs is 2. The van der Waals surface area contributed by atoms with Crippen molar-refractivity contribution < 1.29 is 34.6 Å². The first-order valence-electron chi connectivity index (χ1n) is 12.3. The van der Waals surface area contributed by atoms with Crippen molar-refractivity contribution in [2.75, 3.05) is 41.0 Å². The van der Waals surface area contributed by atoms with Gasteiger partial charge < -0.3 is 34.6 Å². The number of aliphatic hydroxyl groups is 4. The average Bonchev–Trinajstić information content (AvgIpc) is 3.10. The summed E-state index contributed by atoms with van der Waals surface area (Å²) in [6.45, 7) is 4.32. The highest BCUT2D eigenvalue weighted by atomic mass is 16.5. The fourth-order valence-electron chi connectivity index (χ4n) is 10.7. The van der Waals surface area contributed by atoms with E-state index in [-0.39, 0.29) is 35.8 Å². The predicted octanol–water partition coefficient (Wildman–Crippen LogP) is -0.383. The summed E-state index contributed by atoms with van der Waals surface area (Å²) in [5.41, 5.74) is -3.42. The molecule has 32 heavy (non-hydrogen) atoms. The van der Waals surface area contributed by atoms with Gasteiger partial charge >= 0.3 is 0 Å². The van der Waals surface area contributed by atoms with Gasteiger partial charge in [0.2, 0.25) is 0 Å². The molecule has 6 fully saturated rings. The highest BCUT2D eigenvalue weighted by molar-refractivity contribution is 5.37. The van der Waals surface area contributed by atoms with E-state index in [9.17, 15) is 20.4 Å². The minimum Gasteiger partial charge on any atom is -0.392 e. The molecule has 5 aliphatic carbocycles. The molecule has 0 aromatic carbocycles. The summed E-state index contributed by atoms with van der Waals surface area (Å²) >= 11 is 0. The summed E-state index contributed by atoms with van der Waals surface area (Å²) < 4.78 is 17.6. The highest BCUT2D eigenvalue weighted by Gasteiger charge is 2.87. The minimum atomic E-state index is -1.40. The Morgan fingerprint density at radius 1 is 0.969 bits per heavy atom. The van der Waals surface area contributed by atoms with E-state index < -0.39 is 46.8 Å². The predicted molar refractivity (Wildman–Crippen MR) is 114 cm³/mol. The zero-order valence-corrected chi connectivity index (χ0v) is 19.6. The number of ether oxygens (including phenoxy) is 3. The summed E-state index contributed by atoms with van der Waals surface area (Å²) in [6, 6.07) is -0.0702. The van der Waals surface area contributed by atoms with Crippen LogP contribution in [0.3, 0.4) is 0 Å². The maximum Gasteiger partial charge on any atom is 0.117 e. The quantitative estimate of drug-likeness (QED) is 0.446. The van der Waals surface area contributed by atoms with Crippen molar-refractivity contribution in [1.29, 1.82) is 0 Å². The molecule has 6 aliphatic rings. The number of methoxy groups -OCH3 is 3. The molecule has 6 rings (SSSR count). The molecule has 182 valence electrons. The first-order valence-corrected chi connectivity index (χ1v) is 12.3. The highest BCUT2D eigenvalue weighted by Crippen LogP contribution is 2.79. The van der Waals surface area contributed by atoms with Crippen LogP contribution in [0.1, 0.15) is 32.6 Å². The molecule has 4 N–H and O–H groups in total. The molecule has 0 amide bonds. The Labute approximate surface area is 189 Å². The molecule has 7 bridgehead atoms. The van der Waals surface area contributed by atoms with Crippen LogP contribution in [0.2, 0.25) is 0 Å². The second-order valence-corrected chi connectivity index (χ2v) is 11.8. The van der Waals surface area contributed by atoms with Crippen LogP contribution in [0.15, 0.2) is 0 Å². The third-order valence-corrected chi connectivity index (χ3v) is 11.2. The average molecular weight is 454 g/mol.